The van der Waals surface area contributed by atoms with E-state index in [1.54, 1.807) is 18.2 Å². The summed E-state index contributed by atoms with van der Waals surface area (Å²) in [6.45, 7) is 1.78. The van der Waals surface area contributed by atoms with Crippen molar-refractivity contribution in [3.05, 3.63) is 29.6 Å². The third kappa shape index (κ3) is 3.21. The maximum atomic E-state index is 10.6. The van der Waals surface area contributed by atoms with E-state index in [2.05, 4.69) is 10.3 Å². The van der Waals surface area contributed by atoms with Crippen LogP contribution in [0.25, 0.3) is 0 Å². The third-order valence-corrected chi connectivity index (χ3v) is 1.54. The molecule has 70 valence electrons. The van der Waals surface area contributed by atoms with Crippen LogP contribution in [0.1, 0.15) is 18.3 Å². The van der Waals surface area contributed by atoms with Crippen LogP contribution in [0.2, 0.25) is 0 Å². The van der Waals surface area contributed by atoms with Crippen molar-refractivity contribution in [2.45, 2.75) is 20.1 Å². The molecule has 4 nitrogen and oxygen atoms in total. The van der Waals surface area contributed by atoms with Crippen LogP contribution in [0, 0.1) is 0 Å². The maximum Gasteiger partial charge on any atom is 0.217 e. The van der Waals surface area contributed by atoms with Gasteiger partial charge in [0.25, 0.3) is 0 Å². The molecule has 0 saturated heterocycles. The third-order valence-electron chi connectivity index (χ3n) is 1.54. The summed E-state index contributed by atoms with van der Waals surface area (Å²) in [5, 5.41) is 11.4. The van der Waals surface area contributed by atoms with Crippen LogP contribution in [-0.4, -0.2) is 16.0 Å². The summed E-state index contributed by atoms with van der Waals surface area (Å²) in [7, 11) is 0. The highest BCUT2D eigenvalue weighted by molar-refractivity contribution is 5.72. The predicted octanol–water partition coefficient (Wildman–Crippen LogP) is 0.210. The van der Waals surface area contributed by atoms with Gasteiger partial charge in [0.15, 0.2) is 0 Å². The standard InChI is InChI=1S/C9H12N2O2/c1-7(13)10-5-8-3-2-4-9(6-12)11-8/h2-4,12H,5-6H2,1H3,(H,10,13). The second-order valence-corrected chi connectivity index (χ2v) is 2.69. The first-order valence-electron chi connectivity index (χ1n) is 4.02. The number of aromatic nitrogens is 1. The number of aliphatic hydroxyl groups excluding tert-OH is 1. The Morgan fingerprint density at radius 3 is 2.85 bits per heavy atom. The predicted molar refractivity (Wildman–Crippen MR) is 47.7 cm³/mol. The lowest BCUT2D eigenvalue weighted by Gasteiger charge is -2.02. The summed E-state index contributed by atoms with van der Waals surface area (Å²) in [5.41, 5.74) is 1.37. The normalized spacial score (nSPS) is 9.69. The minimum Gasteiger partial charge on any atom is -0.390 e. The summed E-state index contributed by atoms with van der Waals surface area (Å²) < 4.78 is 0. The first-order chi connectivity index (χ1) is 6.22. The van der Waals surface area contributed by atoms with E-state index in [1.165, 1.54) is 6.92 Å². The van der Waals surface area contributed by atoms with Crippen molar-refractivity contribution in [2.24, 2.45) is 0 Å². The van der Waals surface area contributed by atoms with Gasteiger partial charge in [-0.3, -0.25) is 9.78 Å². The van der Waals surface area contributed by atoms with Crippen molar-refractivity contribution in [3.8, 4) is 0 Å². The molecule has 0 unspecified atom stereocenters. The lowest BCUT2D eigenvalue weighted by atomic mass is 10.3. The van der Waals surface area contributed by atoms with Crippen molar-refractivity contribution in [2.75, 3.05) is 0 Å². The fraction of sp³-hybridized carbons (Fsp3) is 0.333. The number of rotatable bonds is 3. The highest BCUT2D eigenvalue weighted by atomic mass is 16.3. The highest BCUT2D eigenvalue weighted by Gasteiger charge is 1.97. The number of amides is 1. The minimum absolute atomic E-state index is 0.0755. The average molecular weight is 180 g/mol. The van der Waals surface area contributed by atoms with Crippen molar-refractivity contribution in [3.63, 3.8) is 0 Å². The summed E-state index contributed by atoms with van der Waals surface area (Å²) in [6, 6.07) is 5.34. The number of pyridine rings is 1. The van der Waals surface area contributed by atoms with E-state index in [0.717, 1.165) is 5.69 Å². The Kier molecular flexibility index (Phi) is 3.40. The Hall–Kier alpha value is -1.42. The van der Waals surface area contributed by atoms with Gasteiger partial charge in [-0.1, -0.05) is 6.07 Å². The number of hydrogen-bond donors (Lipinski definition) is 2. The molecule has 0 bridgehead atoms. The first kappa shape index (κ1) is 9.67. The van der Waals surface area contributed by atoms with Crippen LogP contribution in [-0.2, 0) is 17.9 Å². The van der Waals surface area contributed by atoms with E-state index in [1.807, 2.05) is 0 Å². The highest BCUT2D eigenvalue weighted by Crippen LogP contribution is 1.98. The number of nitrogens with zero attached hydrogens (tertiary/aromatic N) is 1. The van der Waals surface area contributed by atoms with E-state index in [9.17, 15) is 4.79 Å². The van der Waals surface area contributed by atoms with Crippen LogP contribution >= 0.6 is 0 Å². The van der Waals surface area contributed by atoms with E-state index >= 15 is 0 Å². The monoisotopic (exact) mass is 180 g/mol. The summed E-state index contributed by atoms with van der Waals surface area (Å²) in [4.78, 5) is 14.7. The van der Waals surface area contributed by atoms with Crippen molar-refractivity contribution in [1.29, 1.82) is 0 Å². The van der Waals surface area contributed by atoms with Crippen LogP contribution in [0.5, 0.6) is 0 Å². The number of hydrogen-bond acceptors (Lipinski definition) is 3. The summed E-state index contributed by atoms with van der Waals surface area (Å²) >= 11 is 0. The number of aliphatic hydroxyl groups is 1. The fourth-order valence-corrected chi connectivity index (χ4v) is 0.931. The molecule has 13 heavy (non-hydrogen) atoms. The van der Waals surface area contributed by atoms with Crippen molar-refractivity contribution >= 4 is 5.91 Å². The zero-order chi connectivity index (χ0) is 9.68. The van der Waals surface area contributed by atoms with Crippen LogP contribution in [0.15, 0.2) is 18.2 Å². The van der Waals surface area contributed by atoms with E-state index < -0.39 is 0 Å². The molecule has 0 aromatic carbocycles. The number of carbonyl (C=O) groups excluding carboxylic acids is 1. The first-order valence-corrected chi connectivity index (χ1v) is 4.02. The van der Waals surface area contributed by atoms with E-state index in [0.29, 0.717) is 12.2 Å². The molecule has 2 N–H and O–H groups in total. The van der Waals surface area contributed by atoms with Gasteiger partial charge in [0.05, 0.1) is 24.5 Å². The molecule has 1 aromatic heterocycles. The van der Waals surface area contributed by atoms with Gasteiger partial charge < -0.3 is 10.4 Å². The van der Waals surface area contributed by atoms with Gasteiger partial charge >= 0.3 is 0 Å². The second-order valence-electron chi connectivity index (χ2n) is 2.69. The Morgan fingerprint density at radius 1 is 1.54 bits per heavy atom. The van der Waals surface area contributed by atoms with Gasteiger partial charge in [0, 0.05) is 6.92 Å². The lowest BCUT2D eigenvalue weighted by molar-refractivity contribution is -0.119. The quantitative estimate of drug-likeness (QED) is 0.699. The maximum absolute atomic E-state index is 10.6. The molecule has 0 aliphatic heterocycles. The molecule has 0 saturated carbocycles. The zero-order valence-corrected chi connectivity index (χ0v) is 7.45. The van der Waals surface area contributed by atoms with Gasteiger partial charge in [-0.2, -0.15) is 0 Å². The Balaban J connectivity index is 2.61. The lowest BCUT2D eigenvalue weighted by Crippen LogP contribution is -2.19. The molecular weight excluding hydrogens is 168 g/mol. The van der Waals surface area contributed by atoms with Crippen LogP contribution in [0.4, 0.5) is 0 Å². The average Bonchev–Trinajstić information content (AvgIpc) is 2.15. The molecule has 0 fully saturated rings. The second kappa shape index (κ2) is 4.57. The molecule has 4 heteroatoms. The Morgan fingerprint density at radius 2 is 2.23 bits per heavy atom. The molecular formula is C9H12N2O2. The van der Waals surface area contributed by atoms with Gasteiger partial charge in [-0.15, -0.1) is 0 Å². The molecule has 1 amide bonds. The van der Waals surface area contributed by atoms with Gasteiger partial charge in [-0.25, -0.2) is 0 Å². The molecule has 0 aliphatic carbocycles. The number of carbonyl (C=O) groups is 1. The van der Waals surface area contributed by atoms with Gasteiger partial charge in [0.2, 0.25) is 5.91 Å². The smallest absolute Gasteiger partial charge is 0.217 e. The topological polar surface area (TPSA) is 62.2 Å². The SMILES string of the molecule is CC(=O)NCc1cccc(CO)n1. The fourth-order valence-electron chi connectivity index (χ4n) is 0.931. The largest absolute Gasteiger partial charge is 0.390 e. The minimum atomic E-state index is -0.0869. The van der Waals surface area contributed by atoms with Crippen LogP contribution < -0.4 is 5.32 Å². The van der Waals surface area contributed by atoms with E-state index in [4.69, 9.17) is 5.11 Å². The Labute approximate surface area is 76.6 Å². The van der Waals surface area contributed by atoms with Gasteiger partial charge in [-0.05, 0) is 12.1 Å². The Bertz CT molecular complexity index is 299. The molecule has 0 atom stereocenters. The number of nitrogens with one attached hydrogen (secondary N) is 1. The van der Waals surface area contributed by atoms with Crippen LogP contribution in [0.3, 0.4) is 0 Å². The van der Waals surface area contributed by atoms with E-state index in [-0.39, 0.29) is 12.5 Å². The summed E-state index contributed by atoms with van der Waals surface area (Å²) in [5.74, 6) is -0.0869. The zero-order valence-electron chi connectivity index (χ0n) is 7.45. The summed E-state index contributed by atoms with van der Waals surface area (Å²) in [6.07, 6.45) is 0. The van der Waals surface area contributed by atoms with Crippen molar-refractivity contribution in [1.82, 2.24) is 10.3 Å². The van der Waals surface area contributed by atoms with Crippen molar-refractivity contribution < 1.29 is 9.90 Å². The molecule has 0 radical (unpaired) electrons. The molecule has 1 aromatic rings. The molecule has 0 spiro atoms. The molecule has 1 rings (SSSR count). The molecule has 1 heterocycles. The molecule has 0 aliphatic rings. The van der Waals surface area contributed by atoms with Gasteiger partial charge in [0.1, 0.15) is 0 Å².